The van der Waals surface area contributed by atoms with Gasteiger partial charge in [-0.05, 0) is 55.4 Å². The number of hydrogen-bond donors (Lipinski definition) is 1. The molecule has 0 radical (unpaired) electrons. The van der Waals surface area contributed by atoms with Crippen LogP contribution in [0.4, 0.5) is 5.69 Å². The molecule has 2 aliphatic carbocycles. The van der Waals surface area contributed by atoms with Crippen LogP contribution in [-0.2, 0) is 4.79 Å². The molecule has 0 bridgehead atoms. The molecule has 0 spiro atoms. The van der Waals surface area contributed by atoms with E-state index in [1.54, 1.807) is 6.92 Å². The molecule has 2 atom stereocenters. The summed E-state index contributed by atoms with van der Waals surface area (Å²) in [6, 6.07) is 7.39. The van der Waals surface area contributed by atoms with Crippen molar-refractivity contribution in [3.63, 3.8) is 0 Å². The van der Waals surface area contributed by atoms with Gasteiger partial charge in [0, 0.05) is 28.9 Å². The van der Waals surface area contributed by atoms with Gasteiger partial charge in [0.15, 0.2) is 11.6 Å². The third-order valence-corrected chi connectivity index (χ3v) is 5.09. The van der Waals surface area contributed by atoms with Crippen molar-refractivity contribution >= 4 is 17.3 Å². The lowest BCUT2D eigenvalue weighted by molar-refractivity contribution is -0.115. The highest BCUT2D eigenvalue weighted by Gasteiger charge is 2.65. The number of carbonyl (C=O) groups excluding carboxylic acids is 2. The van der Waals surface area contributed by atoms with Crippen molar-refractivity contribution in [2.75, 3.05) is 5.32 Å². The zero-order valence-corrected chi connectivity index (χ0v) is 13.0. The monoisotopic (exact) mass is 283 g/mol. The minimum absolute atomic E-state index is 0.0603. The maximum atomic E-state index is 12.1. The molecule has 2 saturated carbocycles. The van der Waals surface area contributed by atoms with Crippen LogP contribution in [0.3, 0.4) is 0 Å². The van der Waals surface area contributed by atoms with E-state index in [1.165, 1.54) is 0 Å². The summed E-state index contributed by atoms with van der Waals surface area (Å²) in [6.07, 6.45) is 0.690. The number of hydrogen-bond acceptors (Lipinski definition) is 3. The number of benzene rings is 1. The molecule has 0 aliphatic heterocycles. The number of carbonyl (C=O) groups is 2. The van der Waals surface area contributed by atoms with Crippen molar-refractivity contribution in [2.45, 2.75) is 34.1 Å². The van der Waals surface area contributed by atoms with Gasteiger partial charge >= 0.3 is 0 Å². The van der Waals surface area contributed by atoms with Crippen LogP contribution in [0.25, 0.3) is 0 Å². The van der Waals surface area contributed by atoms with Crippen molar-refractivity contribution < 1.29 is 9.59 Å². The Morgan fingerprint density at radius 2 is 1.81 bits per heavy atom. The molecule has 3 nitrogen and oxygen atoms in total. The molecule has 110 valence electrons. The topological polar surface area (TPSA) is 46.2 Å². The Hall–Kier alpha value is -1.90. The molecule has 0 amide bonds. The summed E-state index contributed by atoms with van der Waals surface area (Å²) >= 11 is 0. The van der Waals surface area contributed by atoms with Crippen LogP contribution in [-0.4, -0.2) is 11.6 Å². The number of anilines is 1. The van der Waals surface area contributed by atoms with Crippen LogP contribution in [0.2, 0.25) is 0 Å². The van der Waals surface area contributed by atoms with E-state index in [2.05, 4.69) is 19.2 Å². The summed E-state index contributed by atoms with van der Waals surface area (Å²) in [7, 11) is 0. The van der Waals surface area contributed by atoms with Crippen molar-refractivity contribution in [1.29, 1.82) is 0 Å². The average molecular weight is 283 g/mol. The quantitative estimate of drug-likeness (QED) is 0.677. The van der Waals surface area contributed by atoms with Crippen LogP contribution < -0.4 is 5.32 Å². The standard InChI is InChI=1S/C18H21NO2/c1-10(16-15(21)9-14-17(16)18(14,3)4)19-13-7-5-12(6-8-13)11(2)20/h5-8,14,17,19H,9H2,1-4H3/t14-,17-/m1/s1. The predicted octanol–water partition coefficient (Wildman–Crippen LogP) is 3.82. The van der Waals surface area contributed by atoms with Crippen LogP contribution in [0.15, 0.2) is 35.5 Å². The minimum atomic E-state index is 0.0603. The van der Waals surface area contributed by atoms with Gasteiger partial charge in [-0.2, -0.15) is 0 Å². The van der Waals surface area contributed by atoms with Crippen LogP contribution in [0.1, 0.15) is 44.5 Å². The Kier molecular flexibility index (Phi) is 3.05. The Labute approximate surface area is 125 Å². The first-order valence-electron chi connectivity index (χ1n) is 7.44. The number of nitrogens with one attached hydrogen (secondary N) is 1. The van der Waals surface area contributed by atoms with Crippen molar-refractivity contribution in [3.8, 4) is 0 Å². The van der Waals surface area contributed by atoms with Crippen molar-refractivity contribution in [3.05, 3.63) is 41.1 Å². The highest BCUT2D eigenvalue weighted by molar-refractivity contribution is 6.01. The predicted molar refractivity (Wildman–Crippen MR) is 83.2 cm³/mol. The summed E-state index contributed by atoms with van der Waals surface area (Å²) in [6.45, 7) is 8.01. The molecule has 0 saturated heterocycles. The molecule has 0 aromatic heterocycles. The molecule has 2 aliphatic rings. The maximum Gasteiger partial charge on any atom is 0.161 e. The van der Waals surface area contributed by atoms with Gasteiger partial charge in [0.05, 0.1) is 0 Å². The molecule has 1 aromatic rings. The van der Waals surface area contributed by atoms with E-state index < -0.39 is 0 Å². The second-order valence-electron chi connectivity index (χ2n) is 6.83. The van der Waals surface area contributed by atoms with Gasteiger partial charge < -0.3 is 5.32 Å². The molecule has 3 heteroatoms. The Balaban J connectivity index is 1.82. The lowest BCUT2D eigenvalue weighted by Gasteiger charge is -2.14. The highest BCUT2D eigenvalue weighted by Crippen LogP contribution is 2.68. The molecule has 1 N–H and O–H groups in total. The SMILES string of the molecule is CC(=O)c1ccc(NC(C)=C2C(=O)C[C@@H]3[C@H]2C3(C)C)cc1. The summed E-state index contributed by atoms with van der Waals surface area (Å²) in [5.41, 5.74) is 3.81. The molecular weight excluding hydrogens is 262 g/mol. The number of allylic oxidation sites excluding steroid dienone is 2. The minimum Gasteiger partial charge on any atom is -0.359 e. The van der Waals surface area contributed by atoms with Gasteiger partial charge in [0.1, 0.15) is 0 Å². The zero-order valence-electron chi connectivity index (χ0n) is 13.0. The molecule has 1 aromatic carbocycles. The van der Waals surface area contributed by atoms with Crippen LogP contribution >= 0.6 is 0 Å². The zero-order chi connectivity index (χ0) is 15.4. The largest absolute Gasteiger partial charge is 0.359 e. The van der Waals surface area contributed by atoms with Crippen molar-refractivity contribution in [1.82, 2.24) is 0 Å². The molecule has 21 heavy (non-hydrogen) atoms. The van der Waals surface area contributed by atoms with E-state index in [4.69, 9.17) is 0 Å². The molecule has 2 fully saturated rings. The number of rotatable bonds is 3. The number of Topliss-reactive ketones (excluding diaryl/α,β-unsaturated/α-hetero) is 2. The summed E-state index contributed by atoms with van der Waals surface area (Å²) in [5, 5.41) is 3.32. The molecule has 3 rings (SSSR count). The van der Waals surface area contributed by atoms with Crippen LogP contribution in [0, 0.1) is 17.3 Å². The summed E-state index contributed by atoms with van der Waals surface area (Å²) < 4.78 is 0. The lowest BCUT2D eigenvalue weighted by atomic mass is 9.95. The third-order valence-electron chi connectivity index (χ3n) is 5.09. The van der Waals surface area contributed by atoms with Crippen molar-refractivity contribution in [2.24, 2.45) is 17.3 Å². The second-order valence-corrected chi connectivity index (χ2v) is 6.83. The Morgan fingerprint density at radius 1 is 1.19 bits per heavy atom. The van der Waals surface area contributed by atoms with E-state index in [-0.39, 0.29) is 17.0 Å². The fourth-order valence-corrected chi connectivity index (χ4v) is 3.70. The molecular formula is C18H21NO2. The Morgan fingerprint density at radius 3 is 2.33 bits per heavy atom. The normalized spacial score (nSPS) is 28.1. The lowest BCUT2D eigenvalue weighted by Crippen LogP contribution is -2.12. The first-order valence-corrected chi connectivity index (χ1v) is 7.44. The highest BCUT2D eigenvalue weighted by atomic mass is 16.1. The summed E-state index contributed by atoms with van der Waals surface area (Å²) in [5.74, 6) is 1.28. The van der Waals surface area contributed by atoms with Gasteiger partial charge in [-0.15, -0.1) is 0 Å². The van der Waals surface area contributed by atoms with E-state index >= 15 is 0 Å². The summed E-state index contributed by atoms with van der Waals surface area (Å²) in [4.78, 5) is 23.4. The van der Waals surface area contributed by atoms with E-state index in [9.17, 15) is 9.59 Å². The first-order chi connectivity index (χ1) is 9.82. The van der Waals surface area contributed by atoms with Gasteiger partial charge in [-0.25, -0.2) is 0 Å². The number of fused-ring (bicyclic) bond motifs is 1. The van der Waals surface area contributed by atoms with E-state index in [1.807, 2.05) is 31.2 Å². The van der Waals surface area contributed by atoms with Gasteiger partial charge in [0.25, 0.3) is 0 Å². The smallest absolute Gasteiger partial charge is 0.161 e. The Bertz CT molecular complexity index is 652. The van der Waals surface area contributed by atoms with Crippen LogP contribution in [0.5, 0.6) is 0 Å². The second kappa shape index (κ2) is 4.55. The van der Waals surface area contributed by atoms with Gasteiger partial charge in [-0.1, -0.05) is 13.8 Å². The average Bonchev–Trinajstić information content (AvgIpc) is 2.79. The van der Waals surface area contributed by atoms with Gasteiger partial charge in [0.2, 0.25) is 0 Å². The fourth-order valence-electron chi connectivity index (χ4n) is 3.70. The molecule has 0 heterocycles. The number of ketones is 2. The fraction of sp³-hybridized carbons (Fsp3) is 0.444. The first kappa shape index (κ1) is 14.1. The third kappa shape index (κ3) is 2.21. The van der Waals surface area contributed by atoms with E-state index in [0.717, 1.165) is 17.0 Å². The van der Waals surface area contributed by atoms with Gasteiger partial charge in [-0.3, -0.25) is 9.59 Å². The molecule has 0 unspecified atom stereocenters. The maximum absolute atomic E-state index is 12.1. The van der Waals surface area contributed by atoms with E-state index in [0.29, 0.717) is 23.8 Å².